The minimum absolute atomic E-state index is 0.686. The van der Waals surface area contributed by atoms with E-state index >= 15 is 0 Å². The second-order valence-electron chi connectivity index (χ2n) is 3.02. The molecular weight excluding hydrogens is 248 g/mol. The van der Waals surface area contributed by atoms with E-state index in [4.69, 9.17) is 0 Å². The Hall–Kier alpha value is -0.0600. The number of nitrogens with zero attached hydrogens (tertiary/aromatic N) is 1. The highest BCUT2D eigenvalue weighted by atomic mass is 79.9. The second-order valence-corrected chi connectivity index (χ2v) is 5.17. The van der Waals surface area contributed by atoms with Gasteiger partial charge in [-0.3, -0.25) is 0 Å². The number of nitrogens with one attached hydrogen (secondary N) is 1. The third kappa shape index (κ3) is 2.45. The van der Waals surface area contributed by atoms with Gasteiger partial charge in [-0.1, -0.05) is 0 Å². The lowest BCUT2D eigenvalue weighted by molar-refractivity contribution is 0.858. The molecule has 1 aliphatic heterocycles. The van der Waals surface area contributed by atoms with Crippen LogP contribution in [0.25, 0.3) is 0 Å². The smallest absolute Gasteiger partial charge is 0.110 e. The van der Waals surface area contributed by atoms with Crippen LogP contribution in [-0.2, 0) is 0 Å². The van der Waals surface area contributed by atoms with E-state index in [1.54, 1.807) is 0 Å². The molecule has 0 amide bonds. The maximum absolute atomic E-state index is 4.33. The van der Waals surface area contributed by atoms with Crippen LogP contribution in [0, 0.1) is 0 Å². The third-order valence-electron chi connectivity index (χ3n) is 2.02. The quantitative estimate of drug-likeness (QED) is 0.882. The van der Waals surface area contributed by atoms with E-state index in [2.05, 4.69) is 26.2 Å². The molecule has 1 fully saturated rings. The van der Waals surface area contributed by atoms with Crippen molar-refractivity contribution in [3.63, 3.8) is 0 Å². The van der Waals surface area contributed by atoms with Crippen molar-refractivity contribution in [3.05, 3.63) is 22.8 Å². The SMILES string of the molecule is Brc1cccnc1SC1CCNC1. The van der Waals surface area contributed by atoms with Gasteiger partial charge >= 0.3 is 0 Å². The topological polar surface area (TPSA) is 24.9 Å². The molecule has 0 saturated carbocycles. The number of pyridine rings is 1. The Morgan fingerprint density at radius 1 is 1.62 bits per heavy atom. The van der Waals surface area contributed by atoms with Crippen LogP contribution in [-0.4, -0.2) is 23.3 Å². The standard InChI is InChI=1S/C9H11BrN2S/c10-8-2-1-4-12-9(8)13-7-3-5-11-6-7/h1-2,4,7,11H,3,5-6H2. The van der Waals surface area contributed by atoms with Crippen molar-refractivity contribution < 1.29 is 0 Å². The molecule has 0 aromatic carbocycles. The number of thioether (sulfide) groups is 1. The lowest BCUT2D eigenvalue weighted by atomic mass is 10.4. The molecule has 0 radical (unpaired) electrons. The molecule has 1 aromatic rings. The summed E-state index contributed by atoms with van der Waals surface area (Å²) in [7, 11) is 0. The fourth-order valence-corrected chi connectivity index (χ4v) is 2.93. The predicted molar refractivity (Wildman–Crippen MR) is 59.1 cm³/mol. The minimum Gasteiger partial charge on any atom is -0.316 e. The summed E-state index contributed by atoms with van der Waals surface area (Å²) in [6, 6.07) is 3.98. The molecule has 1 N–H and O–H groups in total. The number of halogens is 1. The molecule has 0 bridgehead atoms. The zero-order valence-corrected chi connectivity index (χ0v) is 9.57. The predicted octanol–water partition coefficient (Wildman–Crippen LogP) is 2.30. The highest BCUT2D eigenvalue weighted by Gasteiger charge is 2.17. The van der Waals surface area contributed by atoms with Crippen molar-refractivity contribution in [1.82, 2.24) is 10.3 Å². The van der Waals surface area contributed by atoms with Crippen molar-refractivity contribution in [3.8, 4) is 0 Å². The Labute approximate surface area is 90.6 Å². The largest absolute Gasteiger partial charge is 0.316 e. The monoisotopic (exact) mass is 258 g/mol. The molecule has 0 aliphatic carbocycles. The molecular formula is C9H11BrN2S. The van der Waals surface area contributed by atoms with Gasteiger partial charge in [0.05, 0.1) is 0 Å². The molecule has 0 spiro atoms. The van der Waals surface area contributed by atoms with Crippen molar-refractivity contribution in [2.75, 3.05) is 13.1 Å². The van der Waals surface area contributed by atoms with Crippen molar-refractivity contribution in [1.29, 1.82) is 0 Å². The Bertz CT molecular complexity index is 287. The van der Waals surface area contributed by atoms with Gasteiger partial charge in [-0.05, 0) is 41.0 Å². The number of hydrogen-bond acceptors (Lipinski definition) is 3. The van der Waals surface area contributed by atoms with Crippen LogP contribution in [0.5, 0.6) is 0 Å². The number of hydrogen-bond donors (Lipinski definition) is 1. The average Bonchev–Trinajstić information content (AvgIpc) is 2.61. The lowest BCUT2D eigenvalue weighted by Gasteiger charge is -2.07. The summed E-state index contributed by atoms with van der Waals surface area (Å²) in [6.07, 6.45) is 3.09. The van der Waals surface area contributed by atoms with Gasteiger partial charge in [0.15, 0.2) is 0 Å². The summed E-state index contributed by atoms with van der Waals surface area (Å²) in [5.41, 5.74) is 0. The van der Waals surface area contributed by atoms with Crippen molar-refractivity contribution >= 4 is 27.7 Å². The Kier molecular flexibility index (Phi) is 3.24. The normalized spacial score (nSPS) is 22.1. The number of aromatic nitrogens is 1. The third-order valence-corrected chi connectivity index (χ3v) is 4.20. The molecule has 2 rings (SSSR count). The van der Waals surface area contributed by atoms with Crippen LogP contribution in [0.3, 0.4) is 0 Å². The first-order valence-electron chi connectivity index (χ1n) is 4.34. The van der Waals surface area contributed by atoms with E-state index in [1.165, 1.54) is 6.42 Å². The summed E-state index contributed by atoms with van der Waals surface area (Å²) in [5.74, 6) is 0. The van der Waals surface area contributed by atoms with Crippen molar-refractivity contribution in [2.24, 2.45) is 0 Å². The van der Waals surface area contributed by atoms with E-state index in [-0.39, 0.29) is 0 Å². The summed E-state index contributed by atoms with van der Waals surface area (Å²) in [4.78, 5) is 4.33. The van der Waals surface area contributed by atoms with E-state index in [9.17, 15) is 0 Å². The van der Waals surface area contributed by atoms with Crippen LogP contribution < -0.4 is 5.32 Å². The highest BCUT2D eigenvalue weighted by Crippen LogP contribution is 2.30. The second kappa shape index (κ2) is 4.44. The minimum atomic E-state index is 0.686. The molecule has 1 unspecified atom stereocenters. The molecule has 2 nitrogen and oxygen atoms in total. The highest BCUT2D eigenvalue weighted by molar-refractivity contribution is 9.10. The van der Waals surface area contributed by atoms with Gasteiger partial charge in [0.25, 0.3) is 0 Å². The summed E-state index contributed by atoms with van der Waals surface area (Å²) >= 11 is 5.36. The zero-order chi connectivity index (χ0) is 9.10. The lowest BCUT2D eigenvalue weighted by Crippen LogP contribution is -2.10. The Morgan fingerprint density at radius 2 is 2.54 bits per heavy atom. The van der Waals surface area contributed by atoms with Gasteiger partial charge in [-0.2, -0.15) is 0 Å². The first-order chi connectivity index (χ1) is 6.36. The fourth-order valence-electron chi connectivity index (χ4n) is 1.34. The van der Waals surface area contributed by atoms with Crippen LogP contribution >= 0.6 is 27.7 Å². The molecule has 4 heteroatoms. The number of rotatable bonds is 2. The molecule has 1 aliphatic rings. The van der Waals surface area contributed by atoms with E-state index in [1.807, 2.05) is 30.1 Å². The van der Waals surface area contributed by atoms with E-state index < -0.39 is 0 Å². The van der Waals surface area contributed by atoms with Crippen LogP contribution in [0.2, 0.25) is 0 Å². The summed E-state index contributed by atoms with van der Waals surface area (Å²) in [5, 5.41) is 5.14. The molecule has 1 aromatic heterocycles. The molecule has 2 heterocycles. The maximum Gasteiger partial charge on any atom is 0.110 e. The van der Waals surface area contributed by atoms with Crippen LogP contribution in [0.4, 0.5) is 0 Å². The van der Waals surface area contributed by atoms with Crippen LogP contribution in [0.15, 0.2) is 27.8 Å². The van der Waals surface area contributed by atoms with Gasteiger partial charge in [-0.15, -0.1) is 11.8 Å². The van der Waals surface area contributed by atoms with Gasteiger partial charge in [0.2, 0.25) is 0 Å². The summed E-state index contributed by atoms with van der Waals surface area (Å²) < 4.78 is 1.10. The van der Waals surface area contributed by atoms with Gasteiger partial charge < -0.3 is 5.32 Å². The molecule has 1 atom stereocenters. The van der Waals surface area contributed by atoms with Gasteiger partial charge in [0, 0.05) is 22.5 Å². The maximum atomic E-state index is 4.33. The van der Waals surface area contributed by atoms with Gasteiger partial charge in [-0.25, -0.2) is 4.98 Å². The molecule has 13 heavy (non-hydrogen) atoms. The first-order valence-corrected chi connectivity index (χ1v) is 6.01. The molecule has 70 valence electrons. The fraction of sp³-hybridized carbons (Fsp3) is 0.444. The van der Waals surface area contributed by atoms with Gasteiger partial charge in [0.1, 0.15) is 5.03 Å². The Morgan fingerprint density at radius 3 is 3.23 bits per heavy atom. The van der Waals surface area contributed by atoms with Crippen molar-refractivity contribution in [2.45, 2.75) is 16.7 Å². The van der Waals surface area contributed by atoms with E-state index in [0.29, 0.717) is 5.25 Å². The first kappa shape index (κ1) is 9.49. The average molecular weight is 259 g/mol. The Balaban J connectivity index is 2.04. The van der Waals surface area contributed by atoms with E-state index in [0.717, 1.165) is 22.6 Å². The zero-order valence-electron chi connectivity index (χ0n) is 7.16. The summed E-state index contributed by atoms with van der Waals surface area (Å²) in [6.45, 7) is 2.25. The van der Waals surface area contributed by atoms with Crippen LogP contribution in [0.1, 0.15) is 6.42 Å². The molecule has 1 saturated heterocycles.